The van der Waals surface area contributed by atoms with E-state index >= 15 is 0 Å². The Hall–Kier alpha value is -2.60. The predicted molar refractivity (Wildman–Crippen MR) is 112 cm³/mol. The van der Waals surface area contributed by atoms with Crippen molar-refractivity contribution >= 4 is 15.7 Å². The first kappa shape index (κ1) is 18.7. The third kappa shape index (κ3) is 3.11. The van der Waals surface area contributed by atoms with Crippen molar-refractivity contribution in [3.63, 3.8) is 0 Å². The van der Waals surface area contributed by atoms with Gasteiger partial charge in [-0.15, -0.1) is 0 Å². The van der Waals surface area contributed by atoms with Crippen molar-refractivity contribution in [1.29, 1.82) is 0 Å². The fourth-order valence-electron chi connectivity index (χ4n) is 4.00. The molecule has 0 saturated carbocycles. The number of fused-ring (bicyclic) bond motifs is 1. The van der Waals surface area contributed by atoms with Gasteiger partial charge in [0.25, 0.3) is 10.0 Å². The number of hydrogen-bond donors (Lipinski definition) is 0. The highest BCUT2D eigenvalue weighted by Crippen LogP contribution is 2.36. The standard InChI is InChI=1S/C22H25N3O2S/c1-4-17-10-11-19(20-14-23-24(3)15-20)13-21(17)28(26,27)25-12-6-9-18-8-5-7-16(2)22(18)25/h5,7-8,10-11,13-15H,4,6,9,12H2,1-3H3. The molecule has 2 aromatic carbocycles. The zero-order valence-corrected chi connectivity index (χ0v) is 17.3. The van der Waals surface area contributed by atoms with E-state index < -0.39 is 10.0 Å². The number of benzene rings is 2. The highest BCUT2D eigenvalue weighted by atomic mass is 32.2. The Balaban J connectivity index is 1.87. The van der Waals surface area contributed by atoms with Crippen LogP contribution < -0.4 is 4.31 Å². The Morgan fingerprint density at radius 2 is 1.96 bits per heavy atom. The first-order valence-electron chi connectivity index (χ1n) is 9.65. The molecule has 6 heteroatoms. The quantitative estimate of drug-likeness (QED) is 0.668. The summed E-state index contributed by atoms with van der Waals surface area (Å²) >= 11 is 0. The van der Waals surface area contributed by atoms with Gasteiger partial charge in [-0.25, -0.2) is 8.42 Å². The van der Waals surface area contributed by atoms with E-state index in [1.165, 1.54) is 0 Å². The largest absolute Gasteiger partial charge is 0.275 e. The molecule has 0 fully saturated rings. The van der Waals surface area contributed by atoms with Crippen LogP contribution in [0.1, 0.15) is 30.0 Å². The molecule has 1 aliphatic heterocycles. The minimum atomic E-state index is -3.66. The van der Waals surface area contributed by atoms with Crippen molar-refractivity contribution in [3.05, 3.63) is 65.5 Å². The van der Waals surface area contributed by atoms with Gasteiger partial charge in [0.05, 0.1) is 16.8 Å². The molecule has 4 rings (SSSR count). The minimum Gasteiger partial charge on any atom is -0.275 e. The maximum Gasteiger partial charge on any atom is 0.264 e. The Morgan fingerprint density at radius 1 is 1.14 bits per heavy atom. The molecule has 5 nitrogen and oxygen atoms in total. The number of nitrogens with zero attached hydrogens (tertiary/aromatic N) is 3. The van der Waals surface area contributed by atoms with Crippen molar-refractivity contribution in [2.24, 2.45) is 7.05 Å². The molecule has 28 heavy (non-hydrogen) atoms. The predicted octanol–water partition coefficient (Wildman–Crippen LogP) is 4.10. The molecule has 2 heterocycles. The molecule has 0 N–H and O–H groups in total. The molecule has 0 atom stereocenters. The van der Waals surface area contributed by atoms with E-state index in [0.29, 0.717) is 17.9 Å². The number of aryl methyl sites for hydroxylation is 4. The van der Waals surface area contributed by atoms with Crippen LogP contribution in [0, 0.1) is 6.92 Å². The first-order valence-corrected chi connectivity index (χ1v) is 11.1. The van der Waals surface area contributed by atoms with Gasteiger partial charge >= 0.3 is 0 Å². The lowest BCUT2D eigenvalue weighted by atomic mass is 10.0. The van der Waals surface area contributed by atoms with E-state index in [4.69, 9.17) is 0 Å². The van der Waals surface area contributed by atoms with Crippen molar-refractivity contribution in [2.45, 2.75) is 38.0 Å². The smallest absolute Gasteiger partial charge is 0.264 e. The SMILES string of the molecule is CCc1ccc(-c2cnn(C)c2)cc1S(=O)(=O)N1CCCc2cccc(C)c21. The molecular formula is C22H25N3O2S. The topological polar surface area (TPSA) is 55.2 Å². The molecule has 0 aliphatic carbocycles. The van der Waals surface area contributed by atoms with Gasteiger partial charge in [-0.3, -0.25) is 8.99 Å². The zero-order valence-electron chi connectivity index (χ0n) is 16.5. The third-order valence-electron chi connectivity index (χ3n) is 5.43. The van der Waals surface area contributed by atoms with Gasteiger partial charge in [-0.1, -0.05) is 37.3 Å². The Kier molecular flexibility index (Phi) is 4.75. The van der Waals surface area contributed by atoms with Crippen LogP contribution in [0.5, 0.6) is 0 Å². The third-order valence-corrected chi connectivity index (χ3v) is 7.31. The maximum atomic E-state index is 13.8. The second kappa shape index (κ2) is 7.09. The van der Waals surface area contributed by atoms with Gasteiger partial charge in [0, 0.05) is 25.4 Å². The average Bonchev–Trinajstić information content (AvgIpc) is 3.13. The molecule has 1 aliphatic rings. The summed E-state index contributed by atoms with van der Waals surface area (Å²) in [6, 6.07) is 11.7. The Bertz CT molecular complexity index is 1130. The van der Waals surface area contributed by atoms with Crippen molar-refractivity contribution in [3.8, 4) is 11.1 Å². The fraction of sp³-hybridized carbons (Fsp3) is 0.318. The molecule has 0 bridgehead atoms. The lowest BCUT2D eigenvalue weighted by Crippen LogP contribution is -2.36. The molecule has 0 unspecified atom stereocenters. The molecule has 3 aromatic rings. The van der Waals surface area contributed by atoms with Crippen LogP contribution in [-0.4, -0.2) is 24.7 Å². The highest BCUT2D eigenvalue weighted by Gasteiger charge is 2.31. The molecule has 0 radical (unpaired) electrons. The number of hydrogen-bond acceptors (Lipinski definition) is 3. The van der Waals surface area contributed by atoms with Gasteiger partial charge in [0.2, 0.25) is 0 Å². The van der Waals surface area contributed by atoms with Crippen LogP contribution in [0.2, 0.25) is 0 Å². The number of sulfonamides is 1. The Labute approximate surface area is 166 Å². The first-order chi connectivity index (χ1) is 13.4. The van der Waals surface area contributed by atoms with Gasteiger partial charge in [-0.05, 0) is 54.5 Å². The van der Waals surface area contributed by atoms with Gasteiger partial charge < -0.3 is 0 Å². The van der Waals surface area contributed by atoms with Gasteiger partial charge in [-0.2, -0.15) is 5.10 Å². The number of aromatic nitrogens is 2. The minimum absolute atomic E-state index is 0.396. The molecule has 0 saturated heterocycles. The highest BCUT2D eigenvalue weighted by molar-refractivity contribution is 7.93. The summed E-state index contributed by atoms with van der Waals surface area (Å²) in [7, 11) is -1.80. The lowest BCUT2D eigenvalue weighted by molar-refractivity contribution is 0.585. The van der Waals surface area contributed by atoms with E-state index in [0.717, 1.165) is 46.3 Å². The van der Waals surface area contributed by atoms with Gasteiger partial charge in [0.1, 0.15) is 0 Å². The summed E-state index contributed by atoms with van der Waals surface area (Å²) in [4.78, 5) is 0.396. The van der Waals surface area contributed by atoms with Crippen LogP contribution in [0.4, 0.5) is 5.69 Å². The van der Waals surface area contributed by atoms with Crippen LogP contribution >= 0.6 is 0 Å². The zero-order chi connectivity index (χ0) is 19.9. The number of para-hydroxylation sites is 1. The molecule has 0 amide bonds. The van der Waals surface area contributed by atoms with E-state index in [1.54, 1.807) is 21.3 Å². The van der Waals surface area contributed by atoms with Crippen LogP contribution in [0.25, 0.3) is 11.1 Å². The summed E-state index contributed by atoms with van der Waals surface area (Å²) < 4.78 is 30.9. The van der Waals surface area contributed by atoms with Crippen LogP contribution in [-0.2, 0) is 29.9 Å². The summed E-state index contributed by atoms with van der Waals surface area (Å²) in [5.41, 5.74) is 5.58. The lowest BCUT2D eigenvalue weighted by Gasteiger charge is -2.32. The number of anilines is 1. The van der Waals surface area contributed by atoms with E-state index in [2.05, 4.69) is 5.10 Å². The van der Waals surface area contributed by atoms with Crippen LogP contribution in [0.3, 0.4) is 0 Å². The van der Waals surface area contributed by atoms with E-state index in [1.807, 2.05) is 57.4 Å². The molecule has 146 valence electrons. The summed E-state index contributed by atoms with van der Waals surface area (Å²) in [5, 5.41) is 4.22. The Morgan fingerprint density at radius 3 is 2.68 bits per heavy atom. The fourth-order valence-corrected chi connectivity index (χ4v) is 5.93. The second-order valence-electron chi connectivity index (χ2n) is 7.34. The second-order valence-corrected chi connectivity index (χ2v) is 9.17. The maximum absolute atomic E-state index is 13.8. The van der Waals surface area contributed by atoms with Gasteiger partial charge in [0.15, 0.2) is 0 Å². The summed E-state index contributed by atoms with van der Waals surface area (Å²) in [5.74, 6) is 0. The van der Waals surface area contributed by atoms with Crippen molar-refractivity contribution in [2.75, 3.05) is 10.8 Å². The number of rotatable bonds is 4. The normalized spacial score (nSPS) is 14.2. The summed E-state index contributed by atoms with van der Waals surface area (Å²) in [6.45, 7) is 4.49. The summed E-state index contributed by atoms with van der Waals surface area (Å²) in [6.07, 6.45) is 6.07. The average molecular weight is 396 g/mol. The van der Waals surface area contributed by atoms with Crippen molar-refractivity contribution in [1.82, 2.24) is 9.78 Å². The monoisotopic (exact) mass is 395 g/mol. The molecular weight excluding hydrogens is 370 g/mol. The van der Waals surface area contributed by atoms with Crippen LogP contribution in [0.15, 0.2) is 53.7 Å². The van der Waals surface area contributed by atoms with E-state index in [-0.39, 0.29) is 0 Å². The molecule has 0 spiro atoms. The van der Waals surface area contributed by atoms with E-state index in [9.17, 15) is 8.42 Å². The molecule has 1 aromatic heterocycles. The van der Waals surface area contributed by atoms with Crippen molar-refractivity contribution < 1.29 is 8.42 Å².